The molecule has 2 heterocycles. The van der Waals surface area contributed by atoms with Crippen LogP contribution in [0.2, 0.25) is 0 Å². The monoisotopic (exact) mass is 327 g/mol. The highest BCUT2D eigenvalue weighted by Gasteiger charge is 2.41. The van der Waals surface area contributed by atoms with E-state index in [0.717, 1.165) is 6.42 Å². The first kappa shape index (κ1) is 16.0. The van der Waals surface area contributed by atoms with Crippen molar-refractivity contribution in [1.29, 1.82) is 0 Å². The molecule has 2 aliphatic heterocycles. The highest BCUT2D eigenvalue weighted by molar-refractivity contribution is 7.98. The lowest BCUT2D eigenvalue weighted by Crippen LogP contribution is -2.48. The van der Waals surface area contributed by atoms with E-state index in [1.165, 1.54) is 49.0 Å². The van der Waals surface area contributed by atoms with Gasteiger partial charge in [0.2, 0.25) is 0 Å². The predicted molar refractivity (Wildman–Crippen MR) is 85.7 cm³/mol. The standard InChI is InChI=1S/C14H25N5O2S/c1-15-13-17-11(18-22-13)8-19-12(20)10(16-14(19)21)7-9-5-3-2-4-6-9/h9-11,13,15,17-18H,2-8H2,1H3,(H,16,21). The largest absolute Gasteiger partial charge is 0.326 e. The zero-order valence-electron chi connectivity index (χ0n) is 12.9. The predicted octanol–water partition coefficient (Wildman–Crippen LogP) is 0.547. The van der Waals surface area contributed by atoms with Gasteiger partial charge in [-0.1, -0.05) is 32.1 Å². The Morgan fingerprint density at radius 3 is 2.73 bits per heavy atom. The molecule has 22 heavy (non-hydrogen) atoms. The Hall–Kier alpha value is -0.830. The topological polar surface area (TPSA) is 85.5 Å². The third-order valence-electron chi connectivity index (χ3n) is 4.71. The molecule has 3 aliphatic rings. The molecule has 1 saturated carbocycles. The molecule has 0 aromatic rings. The summed E-state index contributed by atoms with van der Waals surface area (Å²) in [6, 6.07) is -0.586. The van der Waals surface area contributed by atoms with Crippen LogP contribution in [0.25, 0.3) is 0 Å². The number of hydrogen-bond donors (Lipinski definition) is 4. The molecular weight excluding hydrogens is 302 g/mol. The van der Waals surface area contributed by atoms with E-state index in [-0.39, 0.29) is 29.6 Å². The summed E-state index contributed by atoms with van der Waals surface area (Å²) in [5, 5.41) is 9.22. The normalized spacial score (nSPS) is 33.5. The molecule has 0 radical (unpaired) electrons. The minimum absolute atomic E-state index is 0.0721. The first-order chi connectivity index (χ1) is 10.7. The van der Waals surface area contributed by atoms with Crippen molar-refractivity contribution >= 4 is 23.9 Å². The Balaban J connectivity index is 1.52. The SMILES string of the molecule is CNC1NC(CN2C(=O)NC(CC3CCCCC3)C2=O)NS1. The van der Waals surface area contributed by atoms with Crippen molar-refractivity contribution in [3.63, 3.8) is 0 Å². The number of nitrogens with one attached hydrogen (secondary N) is 4. The van der Waals surface area contributed by atoms with Gasteiger partial charge in [-0.2, -0.15) is 0 Å². The van der Waals surface area contributed by atoms with Crippen molar-refractivity contribution in [2.75, 3.05) is 13.6 Å². The van der Waals surface area contributed by atoms with E-state index in [1.807, 2.05) is 7.05 Å². The number of urea groups is 1. The summed E-state index contributed by atoms with van der Waals surface area (Å²) < 4.78 is 3.19. The molecule has 7 nitrogen and oxygen atoms in total. The molecule has 0 spiro atoms. The minimum atomic E-state index is -0.329. The van der Waals surface area contributed by atoms with Crippen LogP contribution in [-0.2, 0) is 4.79 Å². The average molecular weight is 327 g/mol. The number of amides is 3. The molecule has 2 saturated heterocycles. The number of hydrogen-bond acceptors (Lipinski definition) is 6. The van der Waals surface area contributed by atoms with E-state index < -0.39 is 0 Å². The van der Waals surface area contributed by atoms with E-state index in [9.17, 15) is 9.59 Å². The van der Waals surface area contributed by atoms with Crippen LogP contribution >= 0.6 is 11.9 Å². The smallest absolute Gasteiger partial charge is 0.324 e. The molecule has 0 bridgehead atoms. The summed E-state index contributed by atoms with van der Waals surface area (Å²) in [4.78, 5) is 25.9. The third kappa shape index (κ3) is 3.56. The van der Waals surface area contributed by atoms with Gasteiger partial charge in [0.15, 0.2) is 0 Å². The molecule has 1 aliphatic carbocycles. The highest BCUT2D eigenvalue weighted by atomic mass is 32.2. The molecule has 3 fully saturated rings. The average Bonchev–Trinajstić information content (AvgIpc) is 3.09. The second kappa shape index (κ2) is 7.16. The van der Waals surface area contributed by atoms with E-state index in [1.54, 1.807) is 0 Å². The number of carbonyl (C=O) groups is 2. The second-order valence-electron chi connectivity index (χ2n) is 6.31. The molecule has 3 rings (SSSR count). The van der Waals surface area contributed by atoms with Gasteiger partial charge in [-0.3, -0.25) is 20.3 Å². The summed E-state index contributed by atoms with van der Waals surface area (Å²) in [7, 11) is 1.86. The number of nitrogens with zero attached hydrogens (tertiary/aromatic N) is 1. The van der Waals surface area contributed by atoms with Crippen molar-refractivity contribution in [3.05, 3.63) is 0 Å². The lowest BCUT2D eigenvalue weighted by Gasteiger charge is -2.23. The van der Waals surface area contributed by atoms with Crippen molar-refractivity contribution in [1.82, 2.24) is 25.6 Å². The fraction of sp³-hybridized carbons (Fsp3) is 0.857. The second-order valence-corrected chi connectivity index (χ2v) is 7.26. The minimum Gasteiger partial charge on any atom is -0.326 e. The quantitative estimate of drug-likeness (QED) is 0.436. The van der Waals surface area contributed by atoms with Gasteiger partial charge in [0.05, 0.1) is 12.7 Å². The van der Waals surface area contributed by atoms with Crippen LogP contribution < -0.4 is 20.7 Å². The van der Waals surface area contributed by atoms with E-state index in [2.05, 4.69) is 20.7 Å². The van der Waals surface area contributed by atoms with Crippen molar-refractivity contribution in [2.24, 2.45) is 5.92 Å². The Kier molecular flexibility index (Phi) is 5.22. The van der Waals surface area contributed by atoms with Crippen LogP contribution in [0.4, 0.5) is 4.79 Å². The Morgan fingerprint density at radius 2 is 2.05 bits per heavy atom. The number of rotatable bonds is 5. The van der Waals surface area contributed by atoms with Crippen molar-refractivity contribution in [2.45, 2.75) is 56.2 Å². The zero-order chi connectivity index (χ0) is 15.5. The summed E-state index contributed by atoms with van der Waals surface area (Å²) in [6.45, 7) is 0.358. The summed E-state index contributed by atoms with van der Waals surface area (Å²) in [5.74, 6) is 0.506. The molecule has 3 unspecified atom stereocenters. The molecular formula is C14H25N5O2S. The lowest BCUT2D eigenvalue weighted by molar-refractivity contribution is -0.128. The van der Waals surface area contributed by atoms with Gasteiger partial charge in [-0.05, 0) is 31.3 Å². The molecule has 4 N–H and O–H groups in total. The molecule has 0 aromatic carbocycles. The van der Waals surface area contributed by atoms with Gasteiger partial charge in [0.25, 0.3) is 5.91 Å². The first-order valence-electron chi connectivity index (χ1n) is 8.13. The maximum Gasteiger partial charge on any atom is 0.324 e. The van der Waals surface area contributed by atoms with Crippen LogP contribution in [-0.4, -0.2) is 48.1 Å². The van der Waals surface area contributed by atoms with Crippen molar-refractivity contribution in [3.8, 4) is 0 Å². The van der Waals surface area contributed by atoms with Crippen LogP contribution in [0.5, 0.6) is 0 Å². The van der Waals surface area contributed by atoms with E-state index in [4.69, 9.17) is 0 Å². The van der Waals surface area contributed by atoms with Gasteiger partial charge >= 0.3 is 6.03 Å². The number of imide groups is 1. The van der Waals surface area contributed by atoms with Crippen LogP contribution in [0.1, 0.15) is 38.5 Å². The molecule has 124 valence electrons. The first-order valence-corrected chi connectivity index (χ1v) is 9.01. The summed E-state index contributed by atoms with van der Waals surface area (Å²) in [5.41, 5.74) is 0.101. The lowest BCUT2D eigenvalue weighted by atomic mass is 9.85. The van der Waals surface area contributed by atoms with Crippen LogP contribution in [0, 0.1) is 5.92 Å². The van der Waals surface area contributed by atoms with Crippen LogP contribution in [0.3, 0.4) is 0 Å². The fourth-order valence-corrected chi connectivity index (χ4v) is 4.27. The molecule has 0 aromatic heterocycles. The van der Waals surface area contributed by atoms with Gasteiger partial charge in [-0.15, -0.1) is 0 Å². The van der Waals surface area contributed by atoms with Crippen LogP contribution in [0.15, 0.2) is 0 Å². The Morgan fingerprint density at radius 1 is 1.27 bits per heavy atom. The maximum atomic E-state index is 12.5. The third-order valence-corrected chi connectivity index (χ3v) is 5.74. The Bertz CT molecular complexity index is 429. The van der Waals surface area contributed by atoms with Gasteiger partial charge in [-0.25, -0.2) is 9.52 Å². The van der Waals surface area contributed by atoms with Gasteiger partial charge < -0.3 is 5.32 Å². The molecule has 8 heteroatoms. The highest BCUT2D eigenvalue weighted by Crippen LogP contribution is 2.28. The van der Waals surface area contributed by atoms with Crippen molar-refractivity contribution < 1.29 is 9.59 Å². The van der Waals surface area contributed by atoms with Gasteiger partial charge in [0.1, 0.15) is 11.5 Å². The Labute approximate surface area is 135 Å². The van der Waals surface area contributed by atoms with Gasteiger partial charge in [0, 0.05) is 0 Å². The van der Waals surface area contributed by atoms with E-state index in [0.29, 0.717) is 12.5 Å². The molecule has 3 atom stereocenters. The van der Waals surface area contributed by atoms with E-state index >= 15 is 0 Å². The summed E-state index contributed by atoms with van der Waals surface area (Å²) >= 11 is 1.52. The fourth-order valence-electron chi connectivity index (χ4n) is 3.48. The number of carbonyl (C=O) groups excluding carboxylic acids is 2. The summed E-state index contributed by atoms with van der Waals surface area (Å²) in [6.07, 6.45) is 6.89. The molecule has 3 amide bonds. The maximum absolute atomic E-state index is 12.5. The zero-order valence-corrected chi connectivity index (χ0v) is 13.7.